The summed E-state index contributed by atoms with van der Waals surface area (Å²) in [6, 6.07) is 6.39. The average molecular weight is 265 g/mol. The predicted molar refractivity (Wildman–Crippen MR) is 64.6 cm³/mol. The summed E-state index contributed by atoms with van der Waals surface area (Å²) in [5.41, 5.74) is -0.411. The van der Waals surface area contributed by atoms with Gasteiger partial charge in [0, 0.05) is 12.3 Å². The smallest absolute Gasteiger partial charge is 0.298 e. The van der Waals surface area contributed by atoms with Gasteiger partial charge in [0.2, 0.25) is 0 Å². The highest BCUT2D eigenvalue weighted by Gasteiger charge is 2.20. The summed E-state index contributed by atoms with van der Waals surface area (Å²) in [5, 5.41) is 13.3. The first kappa shape index (κ1) is 12.9. The molecule has 1 aromatic carbocycles. The van der Waals surface area contributed by atoms with Gasteiger partial charge >= 0.3 is 0 Å². The lowest BCUT2D eigenvalue weighted by Gasteiger charge is -2.07. The van der Waals surface area contributed by atoms with Crippen LogP contribution in [0.5, 0.6) is 0 Å². The molecule has 7 heteroatoms. The van der Waals surface area contributed by atoms with Gasteiger partial charge in [-0.05, 0) is 12.1 Å². The number of pyridine rings is 1. The topological polar surface area (TPSA) is 68.1 Å². The molecule has 0 atom stereocenters. The van der Waals surface area contributed by atoms with Crippen LogP contribution in [-0.4, -0.2) is 9.91 Å². The van der Waals surface area contributed by atoms with Gasteiger partial charge in [0.1, 0.15) is 11.5 Å². The highest BCUT2D eigenvalue weighted by Crippen LogP contribution is 2.28. The van der Waals surface area contributed by atoms with Gasteiger partial charge < -0.3 is 5.32 Å². The van der Waals surface area contributed by atoms with Gasteiger partial charge in [0.25, 0.3) is 5.69 Å². The lowest BCUT2D eigenvalue weighted by Crippen LogP contribution is -2.06. The third-order valence-corrected chi connectivity index (χ3v) is 2.40. The number of halogens is 2. The number of anilines is 1. The Morgan fingerprint density at radius 3 is 2.74 bits per heavy atom. The molecule has 0 bridgehead atoms. The molecule has 98 valence electrons. The lowest BCUT2D eigenvalue weighted by atomic mass is 10.2. The summed E-state index contributed by atoms with van der Waals surface area (Å²) in [4.78, 5) is 13.9. The number of aromatic nitrogens is 1. The van der Waals surface area contributed by atoms with Crippen molar-refractivity contribution in [2.75, 3.05) is 5.32 Å². The molecule has 0 fully saturated rings. The molecule has 0 aliphatic carbocycles. The van der Waals surface area contributed by atoms with E-state index in [9.17, 15) is 18.9 Å². The quantitative estimate of drug-likeness (QED) is 0.681. The number of benzene rings is 1. The molecule has 2 aromatic rings. The predicted octanol–water partition coefficient (Wildman–Crippen LogP) is 2.88. The minimum Gasteiger partial charge on any atom is -0.371 e. The van der Waals surface area contributed by atoms with Gasteiger partial charge in [0.05, 0.1) is 23.2 Å². The number of rotatable bonds is 4. The van der Waals surface area contributed by atoms with Crippen LogP contribution >= 0.6 is 0 Å². The molecule has 0 amide bonds. The van der Waals surface area contributed by atoms with Crippen molar-refractivity contribution in [2.45, 2.75) is 6.54 Å². The van der Waals surface area contributed by atoms with Gasteiger partial charge in [-0.2, -0.15) is 0 Å². The van der Waals surface area contributed by atoms with Crippen LogP contribution in [0.2, 0.25) is 0 Å². The van der Waals surface area contributed by atoms with Crippen molar-refractivity contribution >= 4 is 11.4 Å². The zero-order chi connectivity index (χ0) is 13.8. The largest absolute Gasteiger partial charge is 0.371 e. The minimum atomic E-state index is -1.01. The van der Waals surface area contributed by atoms with Crippen LogP contribution in [-0.2, 0) is 6.54 Å². The maximum atomic E-state index is 13.5. The van der Waals surface area contributed by atoms with Crippen LogP contribution in [0.4, 0.5) is 20.2 Å². The number of nitrogens with zero attached hydrogens (tertiary/aromatic N) is 2. The van der Waals surface area contributed by atoms with E-state index in [1.165, 1.54) is 0 Å². The van der Waals surface area contributed by atoms with E-state index < -0.39 is 22.2 Å². The average Bonchev–Trinajstić information content (AvgIpc) is 2.38. The van der Waals surface area contributed by atoms with Crippen molar-refractivity contribution in [1.82, 2.24) is 4.98 Å². The first-order chi connectivity index (χ1) is 9.08. The van der Waals surface area contributed by atoms with Crippen LogP contribution in [0.15, 0.2) is 36.5 Å². The van der Waals surface area contributed by atoms with Crippen molar-refractivity contribution in [1.29, 1.82) is 0 Å². The van der Waals surface area contributed by atoms with E-state index in [2.05, 4.69) is 10.3 Å². The molecule has 5 nitrogen and oxygen atoms in total. The van der Waals surface area contributed by atoms with Crippen LogP contribution in [0.3, 0.4) is 0 Å². The summed E-state index contributed by atoms with van der Waals surface area (Å²) in [7, 11) is 0. The number of hydrogen-bond acceptors (Lipinski definition) is 4. The molecular formula is C12H9F2N3O2. The van der Waals surface area contributed by atoms with Crippen molar-refractivity contribution in [3.63, 3.8) is 0 Å². The van der Waals surface area contributed by atoms with E-state index in [0.29, 0.717) is 17.8 Å². The highest BCUT2D eigenvalue weighted by molar-refractivity contribution is 5.62. The Morgan fingerprint density at radius 2 is 2.11 bits per heavy atom. The van der Waals surface area contributed by atoms with Crippen molar-refractivity contribution in [2.24, 2.45) is 0 Å². The van der Waals surface area contributed by atoms with Crippen LogP contribution < -0.4 is 5.32 Å². The Labute approximate surface area is 107 Å². The second-order valence-corrected chi connectivity index (χ2v) is 3.71. The third kappa shape index (κ3) is 3.01. The zero-order valence-electron chi connectivity index (χ0n) is 9.64. The van der Waals surface area contributed by atoms with Gasteiger partial charge in [-0.3, -0.25) is 15.1 Å². The zero-order valence-corrected chi connectivity index (χ0v) is 9.64. The number of nitro groups is 1. The second-order valence-electron chi connectivity index (χ2n) is 3.71. The first-order valence-corrected chi connectivity index (χ1v) is 5.35. The fraction of sp³-hybridized carbons (Fsp3) is 0.0833. The molecule has 0 spiro atoms. The first-order valence-electron chi connectivity index (χ1n) is 5.35. The Kier molecular flexibility index (Phi) is 3.65. The van der Waals surface area contributed by atoms with Crippen molar-refractivity contribution in [3.8, 4) is 0 Å². The molecule has 1 aromatic heterocycles. The van der Waals surface area contributed by atoms with Crippen molar-refractivity contribution < 1.29 is 13.7 Å². The Hall–Kier alpha value is -2.57. The number of hydrogen-bond donors (Lipinski definition) is 1. The van der Waals surface area contributed by atoms with Gasteiger partial charge in [0.15, 0.2) is 5.82 Å². The lowest BCUT2D eigenvalue weighted by molar-refractivity contribution is -0.384. The van der Waals surface area contributed by atoms with Gasteiger partial charge in [-0.15, -0.1) is 0 Å². The highest BCUT2D eigenvalue weighted by atomic mass is 19.1. The molecule has 2 rings (SSSR count). The van der Waals surface area contributed by atoms with E-state index in [1.54, 1.807) is 24.4 Å². The minimum absolute atomic E-state index is 0.101. The maximum absolute atomic E-state index is 13.5. The van der Waals surface area contributed by atoms with Gasteiger partial charge in [-0.1, -0.05) is 6.07 Å². The third-order valence-electron chi connectivity index (χ3n) is 2.40. The Bertz CT molecular complexity index is 605. The monoisotopic (exact) mass is 265 g/mol. The Balaban J connectivity index is 2.27. The molecule has 1 N–H and O–H groups in total. The molecule has 19 heavy (non-hydrogen) atoms. The number of nitro benzene ring substituents is 1. The summed E-state index contributed by atoms with van der Waals surface area (Å²) in [5.74, 6) is -2.00. The van der Waals surface area contributed by atoms with Crippen LogP contribution in [0.1, 0.15) is 5.69 Å². The molecule has 0 saturated heterocycles. The fourth-order valence-corrected chi connectivity index (χ4v) is 1.56. The number of nitrogens with one attached hydrogen (secondary N) is 1. The second kappa shape index (κ2) is 5.38. The van der Waals surface area contributed by atoms with E-state index in [1.807, 2.05) is 0 Å². The van der Waals surface area contributed by atoms with Gasteiger partial charge in [-0.25, -0.2) is 8.78 Å². The molecule has 0 saturated carbocycles. The summed E-state index contributed by atoms with van der Waals surface area (Å²) in [6.07, 6.45) is 1.55. The SMILES string of the molecule is O=[N+]([O-])c1cc(F)cc(F)c1NCc1ccccn1. The summed E-state index contributed by atoms with van der Waals surface area (Å²) in [6.45, 7) is 0.101. The fourth-order valence-electron chi connectivity index (χ4n) is 1.56. The van der Waals surface area contributed by atoms with E-state index >= 15 is 0 Å². The Morgan fingerprint density at radius 1 is 1.32 bits per heavy atom. The van der Waals surface area contributed by atoms with Crippen LogP contribution in [0, 0.1) is 21.7 Å². The van der Waals surface area contributed by atoms with Crippen LogP contribution in [0.25, 0.3) is 0 Å². The molecule has 0 aliphatic rings. The van der Waals surface area contributed by atoms with Crippen molar-refractivity contribution in [3.05, 3.63) is 64.0 Å². The molecule has 1 heterocycles. The summed E-state index contributed by atoms with van der Waals surface area (Å²) >= 11 is 0. The molecule has 0 unspecified atom stereocenters. The van der Waals surface area contributed by atoms with E-state index in [4.69, 9.17) is 0 Å². The maximum Gasteiger partial charge on any atom is 0.298 e. The molecule has 0 aliphatic heterocycles. The molecule has 0 radical (unpaired) electrons. The molecular weight excluding hydrogens is 256 g/mol. The normalized spacial score (nSPS) is 10.2. The standard InChI is InChI=1S/C12H9F2N3O2/c13-8-5-10(14)12(11(6-8)17(18)19)16-7-9-3-1-2-4-15-9/h1-6,16H,7H2. The van der Waals surface area contributed by atoms with E-state index in [0.717, 1.165) is 0 Å². The summed E-state index contributed by atoms with van der Waals surface area (Å²) < 4.78 is 26.5. The van der Waals surface area contributed by atoms with E-state index in [-0.39, 0.29) is 12.2 Å².